The Balaban J connectivity index is 2.18. The van der Waals surface area contributed by atoms with Gasteiger partial charge in [-0.25, -0.2) is 0 Å². The summed E-state index contributed by atoms with van der Waals surface area (Å²) in [7, 11) is 0. The van der Waals surface area contributed by atoms with Crippen molar-refractivity contribution in [3.8, 4) is 18.1 Å². The summed E-state index contributed by atoms with van der Waals surface area (Å²) in [5, 5.41) is 9.36. The van der Waals surface area contributed by atoms with Crippen LogP contribution >= 0.6 is 0 Å². The zero-order valence-corrected chi connectivity index (χ0v) is 10.5. The molecule has 0 bridgehead atoms. The van der Waals surface area contributed by atoms with Crippen LogP contribution in [0.2, 0.25) is 0 Å². The van der Waals surface area contributed by atoms with Gasteiger partial charge in [0.25, 0.3) is 5.91 Å². The lowest BCUT2D eigenvalue weighted by atomic mass is 10.1. The van der Waals surface area contributed by atoms with Crippen LogP contribution in [0.1, 0.15) is 28.8 Å². The van der Waals surface area contributed by atoms with Crippen molar-refractivity contribution >= 4 is 5.91 Å². The van der Waals surface area contributed by atoms with Crippen LogP contribution in [0.15, 0.2) is 18.2 Å². The quantitative estimate of drug-likeness (QED) is 0.823. The smallest absolute Gasteiger partial charge is 0.254 e. The largest absolute Gasteiger partial charge is 0.508 e. The molecule has 0 spiro atoms. The maximum Gasteiger partial charge on any atom is 0.254 e. The first-order valence-corrected chi connectivity index (χ1v) is 6.14. The zero-order chi connectivity index (χ0) is 13.1. The van der Waals surface area contributed by atoms with Crippen LogP contribution in [0.5, 0.6) is 5.75 Å². The minimum absolute atomic E-state index is 0.0441. The Morgan fingerprint density at radius 2 is 2.28 bits per heavy atom. The first-order chi connectivity index (χ1) is 8.61. The van der Waals surface area contributed by atoms with Crippen LogP contribution in [0, 0.1) is 25.2 Å². The van der Waals surface area contributed by atoms with Crippen LogP contribution in [0.4, 0.5) is 0 Å². The standard InChI is InChI=1S/C15H17NO2/c1-3-8-16(10-12-4-5-12)15(18)14-7-6-13(17)9-11(14)2/h1,6-7,9,12,17H,4-5,8,10H2,2H3. The van der Waals surface area contributed by atoms with Gasteiger partial charge in [-0.3, -0.25) is 4.79 Å². The molecule has 2 rings (SSSR count). The van der Waals surface area contributed by atoms with Gasteiger partial charge in [-0.2, -0.15) is 0 Å². The Bertz CT molecular complexity index is 498. The second-order valence-electron chi connectivity index (χ2n) is 4.83. The van der Waals surface area contributed by atoms with Crippen molar-refractivity contribution in [1.82, 2.24) is 4.90 Å². The predicted octanol–water partition coefficient (Wildman–Crippen LogP) is 2.19. The normalized spacial score (nSPS) is 14.0. The lowest BCUT2D eigenvalue weighted by molar-refractivity contribution is 0.0769. The van der Waals surface area contributed by atoms with Crippen molar-refractivity contribution in [2.24, 2.45) is 5.92 Å². The Morgan fingerprint density at radius 1 is 1.56 bits per heavy atom. The molecule has 1 fully saturated rings. The Labute approximate surface area is 107 Å². The molecule has 0 atom stereocenters. The summed E-state index contributed by atoms with van der Waals surface area (Å²) in [4.78, 5) is 14.1. The Kier molecular flexibility index (Phi) is 3.57. The number of hydrogen-bond acceptors (Lipinski definition) is 2. The number of phenols is 1. The van der Waals surface area contributed by atoms with Crippen molar-refractivity contribution < 1.29 is 9.90 Å². The van der Waals surface area contributed by atoms with Gasteiger partial charge in [0.1, 0.15) is 5.75 Å². The third kappa shape index (κ3) is 2.84. The lowest BCUT2D eigenvalue weighted by Gasteiger charge is -2.21. The van der Waals surface area contributed by atoms with E-state index in [1.807, 2.05) is 6.92 Å². The molecular weight excluding hydrogens is 226 g/mol. The fourth-order valence-corrected chi connectivity index (χ4v) is 2.00. The van der Waals surface area contributed by atoms with Crippen molar-refractivity contribution in [2.75, 3.05) is 13.1 Å². The molecule has 1 saturated carbocycles. The molecular formula is C15H17NO2. The van der Waals surface area contributed by atoms with Gasteiger partial charge >= 0.3 is 0 Å². The highest BCUT2D eigenvalue weighted by Gasteiger charge is 2.27. The SMILES string of the molecule is C#CCN(CC1CC1)C(=O)c1ccc(O)cc1C. The van der Waals surface area contributed by atoms with E-state index in [0.717, 1.165) is 12.1 Å². The molecule has 0 heterocycles. The highest BCUT2D eigenvalue weighted by Crippen LogP contribution is 2.30. The number of hydrogen-bond donors (Lipinski definition) is 1. The highest BCUT2D eigenvalue weighted by molar-refractivity contribution is 5.96. The minimum atomic E-state index is -0.0441. The molecule has 0 aromatic heterocycles. The fraction of sp³-hybridized carbons (Fsp3) is 0.400. The molecule has 0 aliphatic heterocycles. The Morgan fingerprint density at radius 3 is 2.83 bits per heavy atom. The number of rotatable bonds is 4. The third-order valence-electron chi connectivity index (χ3n) is 3.19. The van der Waals surface area contributed by atoms with E-state index in [1.54, 1.807) is 17.0 Å². The van der Waals surface area contributed by atoms with E-state index < -0.39 is 0 Å². The van der Waals surface area contributed by atoms with Crippen LogP contribution < -0.4 is 0 Å². The van der Waals surface area contributed by atoms with Crippen LogP contribution in [-0.4, -0.2) is 29.0 Å². The van der Waals surface area contributed by atoms with Crippen molar-refractivity contribution in [3.63, 3.8) is 0 Å². The topological polar surface area (TPSA) is 40.5 Å². The number of amides is 1. The molecule has 1 aromatic rings. The van der Waals surface area contributed by atoms with Gasteiger partial charge in [0.05, 0.1) is 6.54 Å². The van der Waals surface area contributed by atoms with Gasteiger partial charge in [0.15, 0.2) is 0 Å². The molecule has 1 N–H and O–H groups in total. The van der Waals surface area contributed by atoms with E-state index in [-0.39, 0.29) is 11.7 Å². The number of aromatic hydroxyl groups is 1. The molecule has 3 heteroatoms. The third-order valence-corrected chi connectivity index (χ3v) is 3.19. The summed E-state index contributed by atoms with van der Waals surface area (Å²) < 4.78 is 0. The molecule has 0 saturated heterocycles. The maximum absolute atomic E-state index is 12.4. The number of carbonyl (C=O) groups excluding carboxylic acids is 1. The zero-order valence-electron chi connectivity index (χ0n) is 10.5. The number of carbonyl (C=O) groups is 1. The second-order valence-corrected chi connectivity index (χ2v) is 4.83. The molecule has 3 nitrogen and oxygen atoms in total. The van der Waals surface area contributed by atoms with E-state index in [1.165, 1.54) is 18.9 Å². The molecule has 18 heavy (non-hydrogen) atoms. The van der Waals surface area contributed by atoms with Gasteiger partial charge in [-0.05, 0) is 49.4 Å². The molecule has 1 aromatic carbocycles. The molecule has 94 valence electrons. The molecule has 1 amide bonds. The molecule has 0 radical (unpaired) electrons. The number of benzene rings is 1. The van der Waals surface area contributed by atoms with E-state index in [0.29, 0.717) is 18.0 Å². The minimum Gasteiger partial charge on any atom is -0.508 e. The number of aryl methyl sites for hydroxylation is 1. The number of terminal acetylenes is 1. The summed E-state index contributed by atoms with van der Waals surface area (Å²) in [6.45, 7) is 2.90. The van der Waals surface area contributed by atoms with E-state index in [4.69, 9.17) is 6.42 Å². The van der Waals surface area contributed by atoms with Crippen LogP contribution in [0.25, 0.3) is 0 Å². The summed E-state index contributed by atoms with van der Waals surface area (Å²) in [5.74, 6) is 3.28. The van der Waals surface area contributed by atoms with Crippen LogP contribution in [-0.2, 0) is 0 Å². The second kappa shape index (κ2) is 5.14. The lowest BCUT2D eigenvalue weighted by Crippen LogP contribution is -2.33. The van der Waals surface area contributed by atoms with E-state index >= 15 is 0 Å². The number of nitrogens with zero attached hydrogens (tertiary/aromatic N) is 1. The Hall–Kier alpha value is -1.95. The van der Waals surface area contributed by atoms with Crippen LogP contribution in [0.3, 0.4) is 0 Å². The summed E-state index contributed by atoms with van der Waals surface area (Å²) >= 11 is 0. The average Bonchev–Trinajstić information content (AvgIpc) is 3.11. The van der Waals surface area contributed by atoms with Gasteiger partial charge in [-0.1, -0.05) is 5.92 Å². The summed E-state index contributed by atoms with van der Waals surface area (Å²) in [6, 6.07) is 4.78. The molecule has 0 unspecified atom stereocenters. The maximum atomic E-state index is 12.4. The van der Waals surface area contributed by atoms with E-state index in [9.17, 15) is 9.90 Å². The highest BCUT2D eigenvalue weighted by atomic mass is 16.3. The summed E-state index contributed by atoms with van der Waals surface area (Å²) in [6.07, 6.45) is 7.69. The van der Waals surface area contributed by atoms with Crippen molar-refractivity contribution in [2.45, 2.75) is 19.8 Å². The number of phenolic OH excluding ortho intramolecular Hbond substituents is 1. The van der Waals surface area contributed by atoms with Crippen molar-refractivity contribution in [3.05, 3.63) is 29.3 Å². The predicted molar refractivity (Wildman–Crippen MR) is 70.3 cm³/mol. The van der Waals surface area contributed by atoms with E-state index in [2.05, 4.69) is 5.92 Å². The van der Waals surface area contributed by atoms with Gasteiger partial charge in [0, 0.05) is 12.1 Å². The molecule has 1 aliphatic rings. The summed E-state index contributed by atoms with van der Waals surface area (Å²) in [5.41, 5.74) is 1.39. The average molecular weight is 243 g/mol. The monoisotopic (exact) mass is 243 g/mol. The first kappa shape index (κ1) is 12.5. The molecule has 1 aliphatic carbocycles. The van der Waals surface area contributed by atoms with Crippen molar-refractivity contribution in [1.29, 1.82) is 0 Å². The van der Waals surface area contributed by atoms with Gasteiger partial charge in [0.2, 0.25) is 0 Å². The fourth-order valence-electron chi connectivity index (χ4n) is 2.00. The van der Waals surface area contributed by atoms with Gasteiger partial charge < -0.3 is 10.0 Å². The van der Waals surface area contributed by atoms with Gasteiger partial charge in [-0.15, -0.1) is 6.42 Å². The first-order valence-electron chi connectivity index (χ1n) is 6.14.